The molecule has 0 radical (unpaired) electrons. The number of amides is 1. The number of nitrogens with one attached hydrogen (secondary N) is 1. The number of halogens is 1. The Bertz CT molecular complexity index is 1420. The third-order valence-corrected chi connectivity index (χ3v) is 7.20. The van der Waals surface area contributed by atoms with Crippen LogP contribution < -0.4 is 14.4 Å². The van der Waals surface area contributed by atoms with Crippen molar-refractivity contribution in [2.45, 2.75) is 11.8 Å². The van der Waals surface area contributed by atoms with Crippen LogP contribution in [-0.2, 0) is 14.8 Å². The third kappa shape index (κ3) is 5.72. The van der Waals surface area contributed by atoms with Crippen LogP contribution in [0.25, 0.3) is 11.1 Å². The van der Waals surface area contributed by atoms with Gasteiger partial charge in [-0.2, -0.15) is 0 Å². The van der Waals surface area contributed by atoms with E-state index in [1.807, 2.05) is 49.4 Å². The maximum Gasteiger partial charge on any atom is 0.264 e. The van der Waals surface area contributed by atoms with E-state index < -0.39 is 28.3 Å². The number of sulfonamides is 1. The number of ether oxygens (including phenoxy) is 1. The van der Waals surface area contributed by atoms with Crippen molar-refractivity contribution in [3.63, 3.8) is 0 Å². The number of benzene rings is 4. The predicted octanol–water partition coefficient (Wildman–Crippen LogP) is 5.73. The summed E-state index contributed by atoms with van der Waals surface area (Å²) in [6, 6.07) is 27.7. The number of para-hydroxylation sites is 1. The highest BCUT2D eigenvalue weighted by Gasteiger charge is 2.27. The molecule has 0 aromatic heterocycles. The lowest BCUT2D eigenvalue weighted by Gasteiger charge is -2.24. The van der Waals surface area contributed by atoms with Crippen molar-refractivity contribution in [3.05, 3.63) is 109 Å². The summed E-state index contributed by atoms with van der Waals surface area (Å²) in [6.07, 6.45) is 0. The quantitative estimate of drug-likeness (QED) is 0.316. The summed E-state index contributed by atoms with van der Waals surface area (Å²) in [6.45, 7) is 1.76. The molecule has 0 aliphatic carbocycles. The van der Waals surface area contributed by atoms with Crippen molar-refractivity contribution in [2.24, 2.45) is 0 Å². The van der Waals surface area contributed by atoms with E-state index in [2.05, 4.69) is 5.32 Å². The Morgan fingerprint density at radius 3 is 2.17 bits per heavy atom. The van der Waals surface area contributed by atoms with Crippen LogP contribution in [0.4, 0.5) is 15.8 Å². The molecule has 6 nitrogen and oxygen atoms in total. The largest absolute Gasteiger partial charge is 0.494 e. The Morgan fingerprint density at radius 2 is 1.50 bits per heavy atom. The first-order valence-electron chi connectivity index (χ1n) is 11.3. The molecule has 0 saturated carbocycles. The molecule has 0 bridgehead atoms. The molecule has 184 valence electrons. The van der Waals surface area contributed by atoms with Gasteiger partial charge in [0.25, 0.3) is 10.0 Å². The van der Waals surface area contributed by atoms with E-state index in [9.17, 15) is 17.6 Å². The Labute approximate surface area is 210 Å². The first-order valence-corrected chi connectivity index (χ1v) is 12.8. The van der Waals surface area contributed by atoms with Crippen LogP contribution in [0.2, 0.25) is 0 Å². The van der Waals surface area contributed by atoms with E-state index in [1.165, 1.54) is 24.3 Å². The molecule has 0 heterocycles. The van der Waals surface area contributed by atoms with Gasteiger partial charge in [-0.05, 0) is 67.1 Å². The maximum absolute atomic E-state index is 13.6. The van der Waals surface area contributed by atoms with Crippen molar-refractivity contribution >= 4 is 27.3 Å². The van der Waals surface area contributed by atoms with Crippen LogP contribution in [0.5, 0.6) is 5.75 Å². The van der Waals surface area contributed by atoms with Gasteiger partial charge in [0.2, 0.25) is 5.91 Å². The van der Waals surface area contributed by atoms with Gasteiger partial charge in [-0.3, -0.25) is 9.10 Å². The van der Waals surface area contributed by atoms with E-state index in [1.54, 1.807) is 24.3 Å². The van der Waals surface area contributed by atoms with Gasteiger partial charge in [-0.25, -0.2) is 12.8 Å². The Hall–Kier alpha value is -4.17. The number of nitrogens with zero attached hydrogens (tertiary/aromatic N) is 1. The minimum absolute atomic E-state index is 0.0206. The summed E-state index contributed by atoms with van der Waals surface area (Å²) in [4.78, 5) is 13.1. The number of carbonyl (C=O) groups is 1. The number of hydrogen-bond donors (Lipinski definition) is 1. The summed E-state index contributed by atoms with van der Waals surface area (Å²) in [5, 5.41) is 2.83. The van der Waals surface area contributed by atoms with Crippen molar-refractivity contribution in [2.75, 3.05) is 22.8 Å². The zero-order valence-electron chi connectivity index (χ0n) is 19.6. The van der Waals surface area contributed by atoms with Crippen molar-refractivity contribution in [1.29, 1.82) is 0 Å². The van der Waals surface area contributed by atoms with E-state index in [4.69, 9.17) is 4.74 Å². The molecule has 0 fully saturated rings. The SMILES string of the molecule is CCOc1ccc(S(=O)(=O)N(CC(=O)Nc2ccccc2-c2ccccc2)c2ccc(F)cc2)cc1. The Morgan fingerprint density at radius 1 is 0.861 bits per heavy atom. The average molecular weight is 505 g/mol. The van der Waals surface area contributed by atoms with Crippen LogP contribution in [0.3, 0.4) is 0 Å². The van der Waals surface area contributed by atoms with Gasteiger partial charge < -0.3 is 10.1 Å². The number of hydrogen-bond acceptors (Lipinski definition) is 4. The van der Waals surface area contributed by atoms with Crippen molar-refractivity contribution < 1.29 is 22.3 Å². The molecule has 36 heavy (non-hydrogen) atoms. The Balaban J connectivity index is 1.64. The van der Waals surface area contributed by atoms with E-state index in [0.29, 0.717) is 18.0 Å². The molecule has 1 N–H and O–H groups in total. The fourth-order valence-electron chi connectivity index (χ4n) is 3.71. The van der Waals surface area contributed by atoms with E-state index in [-0.39, 0.29) is 10.6 Å². The molecule has 0 unspecified atom stereocenters. The summed E-state index contributed by atoms with van der Waals surface area (Å²) >= 11 is 0. The molecule has 8 heteroatoms. The lowest BCUT2D eigenvalue weighted by atomic mass is 10.0. The highest BCUT2D eigenvalue weighted by Crippen LogP contribution is 2.29. The minimum atomic E-state index is -4.15. The highest BCUT2D eigenvalue weighted by molar-refractivity contribution is 7.92. The molecular weight excluding hydrogens is 479 g/mol. The van der Waals surface area contributed by atoms with Gasteiger partial charge in [0, 0.05) is 11.3 Å². The van der Waals surface area contributed by atoms with Crippen LogP contribution in [0.15, 0.2) is 108 Å². The van der Waals surface area contributed by atoms with Crippen molar-refractivity contribution in [3.8, 4) is 16.9 Å². The fourth-order valence-corrected chi connectivity index (χ4v) is 5.13. The number of rotatable bonds is 9. The van der Waals surface area contributed by atoms with Gasteiger partial charge >= 0.3 is 0 Å². The highest BCUT2D eigenvalue weighted by atomic mass is 32.2. The van der Waals surface area contributed by atoms with Gasteiger partial charge in [0.1, 0.15) is 18.1 Å². The second-order valence-corrected chi connectivity index (χ2v) is 9.71. The van der Waals surface area contributed by atoms with Gasteiger partial charge in [0.05, 0.1) is 17.2 Å². The van der Waals surface area contributed by atoms with Gasteiger partial charge in [-0.15, -0.1) is 0 Å². The molecule has 0 saturated heterocycles. The van der Waals surface area contributed by atoms with Crippen LogP contribution >= 0.6 is 0 Å². The van der Waals surface area contributed by atoms with Gasteiger partial charge in [0.15, 0.2) is 0 Å². The molecule has 4 aromatic rings. The average Bonchev–Trinajstić information content (AvgIpc) is 2.89. The molecule has 1 amide bonds. The number of anilines is 2. The van der Waals surface area contributed by atoms with Gasteiger partial charge in [-0.1, -0.05) is 48.5 Å². The summed E-state index contributed by atoms with van der Waals surface area (Å²) in [5.41, 5.74) is 2.42. The second kappa shape index (κ2) is 11.0. The minimum Gasteiger partial charge on any atom is -0.494 e. The molecule has 0 spiro atoms. The van der Waals surface area contributed by atoms with Crippen LogP contribution in [0, 0.1) is 5.82 Å². The smallest absolute Gasteiger partial charge is 0.264 e. The maximum atomic E-state index is 13.6. The van der Waals surface area contributed by atoms with E-state index >= 15 is 0 Å². The summed E-state index contributed by atoms with van der Waals surface area (Å²) < 4.78 is 47.1. The monoisotopic (exact) mass is 504 g/mol. The standard InChI is InChI=1S/C28H25FN2O4S/c1-2-35-24-16-18-25(19-17-24)36(33,34)31(23-14-12-22(29)13-15-23)20-28(32)30-27-11-7-6-10-26(27)21-8-4-3-5-9-21/h3-19H,2,20H2,1H3,(H,30,32). The molecule has 4 rings (SSSR count). The molecule has 0 aliphatic heterocycles. The molecular formula is C28H25FN2O4S. The second-order valence-electron chi connectivity index (χ2n) is 7.85. The first-order chi connectivity index (χ1) is 17.4. The molecule has 0 aliphatic rings. The third-order valence-electron chi connectivity index (χ3n) is 5.41. The Kier molecular flexibility index (Phi) is 7.65. The fraction of sp³-hybridized carbons (Fsp3) is 0.107. The molecule has 4 aromatic carbocycles. The molecule has 0 atom stereocenters. The zero-order chi connectivity index (χ0) is 25.5. The number of carbonyl (C=O) groups excluding carboxylic acids is 1. The lowest BCUT2D eigenvalue weighted by Crippen LogP contribution is -2.38. The van der Waals surface area contributed by atoms with E-state index in [0.717, 1.165) is 27.6 Å². The van der Waals surface area contributed by atoms with Crippen LogP contribution in [0.1, 0.15) is 6.92 Å². The first kappa shape index (κ1) is 24.9. The topological polar surface area (TPSA) is 75.7 Å². The summed E-state index contributed by atoms with van der Waals surface area (Å²) in [5.74, 6) is -0.532. The van der Waals surface area contributed by atoms with Crippen molar-refractivity contribution in [1.82, 2.24) is 0 Å². The summed E-state index contributed by atoms with van der Waals surface area (Å²) in [7, 11) is -4.15. The normalized spacial score (nSPS) is 11.1. The lowest BCUT2D eigenvalue weighted by molar-refractivity contribution is -0.114. The predicted molar refractivity (Wildman–Crippen MR) is 139 cm³/mol. The zero-order valence-corrected chi connectivity index (χ0v) is 20.4. The van der Waals surface area contributed by atoms with Crippen LogP contribution in [-0.4, -0.2) is 27.5 Å².